The quantitative estimate of drug-likeness (QED) is 0.719. The highest BCUT2D eigenvalue weighted by atomic mass is 19.1. The minimum absolute atomic E-state index is 0.267. The number of nitrogens with zero attached hydrogens (tertiary/aromatic N) is 2. The number of hydrogen-bond donors (Lipinski definition) is 1. The van der Waals surface area contributed by atoms with Crippen LogP contribution in [-0.2, 0) is 0 Å². The first-order valence-corrected chi connectivity index (χ1v) is 9.04. The predicted octanol–water partition coefficient (Wildman–Crippen LogP) is 4.87. The van der Waals surface area contributed by atoms with Crippen LogP contribution in [0.1, 0.15) is 17.7 Å². The molecule has 0 saturated heterocycles. The Morgan fingerprint density at radius 1 is 1.26 bits per heavy atom. The van der Waals surface area contributed by atoms with E-state index in [0.717, 1.165) is 41.8 Å². The van der Waals surface area contributed by atoms with Gasteiger partial charge in [-0.15, -0.1) is 0 Å². The summed E-state index contributed by atoms with van der Waals surface area (Å²) in [7, 11) is 1.47. The molecule has 4 nitrogen and oxygen atoms in total. The Morgan fingerprint density at radius 2 is 2.15 bits per heavy atom. The van der Waals surface area contributed by atoms with E-state index in [0.29, 0.717) is 0 Å². The molecular formula is C22H22FN3O. The molecule has 0 spiro atoms. The molecule has 2 aromatic heterocycles. The Bertz CT molecular complexity index is 1040. The third-order valence-corrected chi connectivity index (χ3v) is 4.95. The Labute approximate surface area is 158 Å². The van der Waals surface area contributed by atoms with Crippen LogP contribution >= 0.6 is 0 Å². The van der Waals surface area contributed by atoms with Gasteiger partial charge in [0.2, 0.25) is 0 Å². The second-order valence-electron chi connectivity index (χ2n) is 6.70. The number of rotatable bonds is 4. The van der Waals surface area contributed by atoms with E-state index < -0.39 is 0 Å². The lowest BCUT2D eigenvalue weighted by molar-refractivity contribution is 0.386. The Balaban J connectivity index is 1.50. The molecule has 1 aliphatic rings. The largest absolute Gasteiger partial charge is 0.494 e. The van der Waals surface area contributed by atoms with Crippen LogP contribution in [0.4, 0.5) is 10.1 Å². The standard InChI is InChI=1S/C22H22FN3O/c1-15-21(18-4-3-11-24-22(18)25-15)26-12-9-16(10-13-26)5-6-17-7-8-20(27-2)19(23)14-17/h3-9,11,14H,10,12-13H2,1-2H3,(H,24,25)/b6-5+. The van der Waals surface area contributed by atoms with Gasteiger partial charge in [-0.25, -0.2) is 9.37 Å². The fraction of sp³-hybridized carbons (Fsp3) is 0.227. The summed E-state index contributed by atoms with van der Waals surface area (Å²) in [6, 6.07) is 9.09. The van der Waals surface area contributed by atoms with Crippen LogP contribution in [0.25, 0.3) is 17.1 Å². The topological polar surface area (TPSA) is 41.1 Å². The number of fused-ring (bicyclic) bond motifs is 1. The predicted molar refractivity (Wildman–Crippen MR) is 108 cm³/mol. The number of halogens is 1. The maximum absolute atomic E-state index is 13.8. The second-order valence-corrected chi connectivity index (χ2v) is 6.70. The van der Waals surface area contributed by atoms with Gasteiger partial charge in [0.05, 0.1) is 12.8 Å². The molecule has 1 aliphatic heterocycles. The van der Waals surface area contributed by atoms with E-state index in [4.69, 9.17) is 4.74 Å². The summed E-state index contributed by atoms with van der Waals surface area (Å²) < 4.78 is 18.8. The van der Waals surface area contributed by atoms with Crippen molar-refractivity contribution in [2.45, 2.75) is 13.3 Å². The molecule has 0 amide bonds. The number of aromatic amines is 1. The highest BCUT2D eigenvalue weighted by molar-refractivity contribution is 5.92. The number of pyridine rings is 1. The summed E-state index contributed by atoms with van der Waals surface area (Å²) >= 11 is 0. The van der Waals surface area contributed by atoms with Crippen molar-refractivity contribution in [3.05, 3.63) is 71.3 Å². The summed E-state index contributed by atoms with van der Waals surface area (Å²) in [6.07, 6.45) is 9.01. The van der Waals surface area contributed by atoms with Crippen LogP contribution in [0.15, 0.2) is 54.3 Å². The maximum atomic E-state index is 13.8. The normalized spacial score (nSPS) is 14.8. The third kappa shape index (κ3) is 3.45. The number of anilines is 1. The molecule has 0 fully saturated rings. The van der Waals surface area contributed by atoms with Gasteiger partial charge in [0.25, 0.3) is 0 Å². The van der Waals surface area contributed by atoms with Crippen LogP contribution < -0.4 is 9.64 Å². The lowest BCUT2D eigenvalue weighted by atomic mass is 10.0. The van der Waals surface area contributed by atoms with E-state index in [2.05, 4.69) is 40.0 Å². The van der Waals surface area contributed by atoms with Crippen molar-refractivity contribution < 1.29 is 9.13 Å². The van der Waals surface area contributed by atoms with Crippen molar-refractivity contribution in [2.75, 3.05) is 25.1 Å². The van der Waals surface area contributed by atoms with Crippen LogP contribution in [0, 0.1) is 12.7 Å². The average molecular weight is 363 g/mol. The fourth-order valence-electron chi connectivity index (χ4n) is 3.57. The Kier molecular flexibility index (Phi) is 4.67. The summed E-state index contributed by atoms with van der Waals surface area (Å²) in [6.45, 7) is 3.88. The minimum atomic E-state index is -0.341. The van der Waals surface area contributed by atoms with Crippen LogP contribution in [0.3, 0.4) is 0 Å². The van der Waals surface area contributed by atoms with Gasteiger partial charge in [0, 0.05) is 30.4 Å². The molecule has 27 heavy (non-hydrogen) atoms. The van der Waals surface area contributed by atoms with E-state index in [1.807, 2.05) is 24.4 Å². The molecule has 0 unspecified atom stereocenters. The molecule has 0 bridgehead atoms. The van der Waals surface area contributed by atoms with Gasteiger partial charge in [-0.2, -0.15) is 0 Å². The lowest BCUT2D eigenvalue weighted by Gasteiger charge is -2.28. The van der Waals surface area contributed by atoms with E-state index in [1.165, 1.54) is 24.4 Å². The third-order valence-electron chi connectivity index (χ3n) is 4.95. The molecule has 4 rings (SSSR count). The Morgan fingerprint density at radius 3 is 2.89 bits per heavy atom. The van der Waals surface area contributed by atoms with Crippen molar-refractivity contribution in [3.8, 4) is 5.75 Å². The van der Waals surface area contributed by atoms with Crippen LogP contribution in [0.5, 0.6) is 5.75 Å². The van der Waals surface area contributed by atoms with Crippen molar-refractivity contribution in [2.24, 2.45) is 0 Å². The van der Waals surface area contributed by atoms with Crippen molar-refractivity contribution in [3.63, 3.8) is 0 Å². The SMILES string of the molecule is COc1ccc(/C=C/C2=CCN(c3c(C)[nH]c4ncccc34)CC2)cc1F. The van der Waals surface area contributed by atoms with E-state index >= 15 is 0 Å². The zero-order chi connectivity index (χ0) is 18.8. The van der Waals surface area contributed by atoms with Gasteiger partial charge >= 0.3 is 0 Å². The number of aryl methyl sites for hydroxylation is 1. The number of benzene rings is 1. The van der Waals surface area contributed by atoms with Gasteiger partial charge in [-0.05, 0) is 48.7 Å². The monoisotopic (exact) mass is 363 g/mol. The fourth-order valence-corrected chi connectivity index (χ4v) is 3.57. The molecule has 5 heteroatoms. The summed E-state index contributed by atoms with van der Waals surface area (Å²) in [5.74, 6) is -0.0740. The first-order chi connectivity index (χ1) is 13.2. The first kappa shape index (κ1) is 17.3. The molecule has 138 valence electrons. The molecule has 3 heterocycles. The van der Waals surface area contributed by atoms with E-state index in [1.54, 1.807) is 6.07 Å². The average Bonchev–Trinajstić information content (AvgIpc) is 3.02. The number of nitrogens with one attached hydrogen (secondary N) is 1. The van der Waals surface area contributed by atoms with E-state index in [-0.39, 0.29) is 11.6 Å². The smallest absolute Gasteiger partial charge is 0.165 e. The van der Waals surface area contributed by atoms with Crippen LogP contribution in [-0.4, -0.2) is 30.2 Å². The molecular weight excluding hydrogens is 341 g/mol. The molecule has 0 saturated carbocycles. The number of aromatic nitrogens is 2. The lowest BCUT2D eigenvalue weighted by Crippen LogP contribution is -2.28. The molecule has 1 aromatic carbocycles. The highest BCUT2D eigenvalue weighted by Gasteiger charge is 2.18. The minimum Gasteiger partial charge on any atom is -0.494 e. The zero-order valence-corrected chi connectivity index (χ0v) is 15.5. The van der Waals surface area contributed by atoms with Gasteiger partial charge in [-0.1, -0.05) is 24.3 Å². The molecule has 0 atom stereocenters. The first-order valence-electron chi connectivity index (χ1n) is 9.04. The Hall–Kier alpha value is -3.08. The van der Waals surface area contributed by atoms with Crippen LogP contribution in [0.2, 0.25) is 0 Å². The van der Waals surface area contributed by atoms with Crippen molar-refractivity contribution in [1.29, 1.82) is 0 Å². The molecule has 0 aliphatic carbocycles. The number of ether oxygens (including phenoxy) is 1. The summed E-state index contributed by atoms with van der Waals surface area (Å²) in [5, 5.41) is 1.16. The maximum Gasteiger partial charge on any atom is 0.165 e. The highest BCUT2D eigenvalue weighted by Crippen LogP contribution is 2.31. The number of methoxy groups -OCH3 is 1. The molecule has 1 N–H and O–H groups in total. The van der Waals surface area contributed by atoms with Gasteiger partial charge in [-0.3, -0.25) is 0 Å². The van der Waals surface area contributed by atoms with Crippen molar-refractivity contribution >= 4 is 22.8 Å². The van der Waals surface area contributed by atoms with Crippen molar-refractivity contribution in [1.82, 2.24) is 9.97 Å². The number of H-pyrrole nitrogens is 1. The van der Waals surface area contributed by atoms with Gasteiger partial charge in [0.15, 0.2) is 11.6 Å². The van der Waals surface area contributed by atoms with E-state index in [9.17, 15) is 4.39 Å². The molecule has 3 aromatic rings. The van der Waals surface area contributed by atoms with Gasteiger partial charge < -0.3 is 14.6 Å². The second kappa shape index (κ2) is 7.27. The summed E-state index contributed by atoms with van der Waals surface area (Å²) in [4.78, 5) is 10.1. The zero-order valence-electron chi connectivity index (χ0n) is 15.5. The molecule has 0 radical (unpaired) electrons. The number of allylic oxidation sites excluding steroid dienone is 1. The number of hydrogen-bond acceptors (Lipinski definition) is 3. The summed E-state index contributed by atoms with van der Waals surface area (Å²) in [5.41, 5.74) is 5.40. The van der Waals surface area contributed by atoms with Gasteiger partial charge in [0.1, 0.15) is 5.65 Å².